The first-order valence-electron chi connectivity index (χ1n) is 4.46. The molecule has 0 aliphatic heterocycles. The molecule has 2 N–H and O–H groups in total. The van der Waals surface area contributed by atoms with Gasteiger partial charge in [0.2, 0.25) is 0 Å². The van der Waals surface area contributed by atoms with Crippen LogP contribution in [0.5, 0.6) is 0 Å². The first kappa shape index (κ1) is 12.4. The van der Waals surface area contributed by atoms with Crippen molar-refractivity contribution in [1.29, 1.82) is 0 Å². The molecule has 4 nitrogen and oxygen atoms in total. The SMILES string of the molecule is CC(C)CC(O)COC(C)C(=O)O. The van der Waals surface area contributed by atoms with Crippen LogP contribution in [-0.4, -0.2) is 35.0 Å². The van der Waals surface area contributed by atoms with Gasteiger partial charge in [-0.15, -0.1) is 0 Å². The lowest BCUT2D eigenvalue weighted by atomic mass is 10.1. The number of carbonyl (C=O) groups is 1. The Morgan fingerprint density at radius 1 is 1.38 bits per heavy atom. The van der Waals surface area contributed by atoms with Crippen LogP contribution < -0.4 is 0 Å². The molecule has 0 fully saturated rings. The minimum absolute atomic E-state index is 0.0889. The lowest BCUT2D eigenvalue weighted by molar-refractivity contribution is -0.150. The molecule has 0 amide bonds. The van der Waals surface area contributed by atoms with Crippen molar-refractivity contribution in [2.45, 2.75) is 39.4 Å². The van der Waals surface area contributed by atoms with Gasteiger partial charge in [0.1, 0.15) is 0 Å². The van der Waals surface area contributed by atoms with Gasteiger partial charge in [-0.1, -0.05) is 13.8 Å². The van der Waals surface area contributed by atoms with Gasteiger partial charge in [0, 0.05) is 0 Å². The maximum Gasteiger partial charge on any atom is 0.332 e. The maximum atomic E-state index is 10.3. The minimum atomic E-state index is -1.00. The predicted molar refractivity (Wildman–Crippen MR) is 48.5 cm³/mol. The molecular weight excluding hydrogens is 172 g/mol. The van der Waals surface area contributed by atoms with Crippen LogP contribution in [0.1, 0.15) is 27.2 Å². The summed E-state index contributed by atoms with van der Waals surface area (Å²) in [6.07, 6.45) is -0.782. The minimum Gasteiger partial charge on any atom is -0.479 e. The third-order valence-electron chi connectivity index (χ3n) is 1.63. The number of aliphatic hydroxyl groups excluding tert-OH is 1. The zero-order chi connectivity index (χ0) is 10.4. The Labute approximate surface area is 78.5 Å². The number of rotatable bonds is 6. The number of hydrogen-bond acceptors (Lipinski definition) is 3. The lowest BCUT2D eigenvalue weighted by Gasteiger charge is -2.15. The molecule has 0 bridgehead atoms. The van der Waals surface area contributed by atoms with Gasteiger partial charge in [0.25, 0.3) is 0 Å². The third kappa shape index (κ3) is 6.54. The van der Waals surface area contributed by atoms with E-state index in [1.165, 1.54) is 6.92 Å². The highest BCUT2D eigenvalue weighted by Gasteiger charge is 2.14. The van der Waals surface area contributed by atoms with Gasteiger partial charge in [-0.05, 0) is 19.3 Å². The summed E-state index contributed by atoms with van der Waals surface area (Å²) < 4.78 is 4.92. The Morgan fingerprint density at radius 3 is 2.31 bits per heavy atom. The molecule has 0 aliphatic carbocycles. The Balaban J connectivity index is 3.57. The summed E-state index contributed by atoms with van der Waals surface area (Å²) in [5.41, 5.74) is 0. The van der Waals surface area contributed by atoms with Crippen LogP contribution in [-0.2, 0) is 9.53 Å². The molecule has 2 atom stereocenters. The van der Waals surface area contributed by atoms with E-state index in [0.29, 0.717) is 12.3 Å². The van der Waals surface area contributed by atoms with Crippen LogP contribution in [0.2, 0.25) is 0 Å². The van der Waals surface area contributed by atoms with Crippen molar-refractivity contribution in [2.75, 3.05) is 6.61 Å². The molecule has 0 aromatic rings. The fourth-order valence-corrected chi connectivity index (χ4v) is 0.939. The van der Waals surface area contributed by atoms with Crippen molar-refractivity contribution in [3.05, 3.63) is 0 Å². The van der Waals surface area contributed by atoms with Crippen molar-refractivity contribution in [3.8, 4) is 0 Å². The number of ether oxygens (including phenoxy) is 1. The Bertz CT molecular complexity index is 156. The smallest absolute Gasteiger partial charge is 0.332 e. The van der Waals surface area contributed by atoms with Gasteiger partial charge in [-0.2, -0.15) is 0 Å². The van der Waals surface area contributed by atoms with E-state index in [1.54, 1.807) is 0 Å². The Kier molecular flexibility index (Phi) is 5.66. The van der Waals surface area contributed by atoms with E-state index in [-0.39, 0.29) is 6.61 Å². The van der Waals surface area contributed by atoms with Crippen LogP contribution in [0.15, 0.2) is 0 Å². The van der Waals surface area contributed by atoms with Gasteiger partial charge in [-0.3, -0.25) is 0 Å². The molecule has 0 radical (unpaired) electrons. The summed E-state index contributed by atoms with van der Waals surface area (Å²) in [6.45, 7) is 5.52. The van der Waals surface area contributed by atoms with E-state index in [9.17, 15) is 9.90 Å². The number of carboxylic acid groups (broad SMARTS) is 1. The zero-order valence-corrected chi connectivity index (χ0v) is 8.36. The van der Waals surface area contributed by atoms with E-state index in [1.807, 2.05) is 13.8 Å². The van der Waals surface area contributed by atoms with Gasteiger partial charge in [0.15, 0.2) is 6.10 Å². The van der Waals surface area contributed by atoms with Crippen LogP contribution in [0, 0.1) is 5.92 Å². The molecule has 13 heavy (non-hydrogen) atoms. The van der Waals surface area contributed by atoms with Crippen LogP contribution in [0.4, 0.5) is 0 Å². The molecule has 0 saturated carbocycles. The zero-order valence-electron chi connectivity index (χ0n) is 8.36. The molecule has 0 aromatic carbocycles. The van der Waals surface area contributed by atoms with Gasteiger partial charge in [-0.25, -0.2) is 4.79 Å². The Morgan fingerprint density at radius 2 is 1.92 bits per heavy atom. The molecule has 0 rings (SSSR count). The summed E-state index contributed by atoms with van der Waals surface area (Å²) >= 11 is 0. The highest BCUT2D eigenvalue weighted by molar-refractivity contribution is 5.71. The van der Waals surface area contributed by atoms with Gasteiger partial charge in [0.05, 0.1) is 12.7 Å². The summed E-state index contributed by atoms with van der Waals surface area (Å²) in [7, 11) is 0. The quantitative estimate of drug-likeness (QED) is 0.652. The second kappa shape index (κ2) is 5.94. The van der Waals surface area contributed by atoms with Crippen LogP contribution in [0.25, 0.3) is 0 Å². The van der Waals surface area contributed by atoms with Crippen molar-refractivity contribution in [1.82, 2.24) is 0 Å². The summed E-state index contributed by atoms with van der Waals surface area (Å²) in [5.74, 6) is -0.615. The second-order valence-corrected chi connectivity index (χ2v) is 3.60. The lowest BCUT2D eigenvalue weighted by Crippen LogP contribution is -2.26. The predicted octanol–water partition coefficient (Wildman–Crippen LogP) is 0.883. The standard InChI is InChI=1S/C9H18O4/c1-6(2)4-8(10)5-13-7(3)9(11)12/h6-8,10H,4-5H2,1-3H3,(H,11,12). The number of carboxylic acids is 1. The van der Waals surface area contributed by atoms with Crippen LogP contribution in [0.3, 0.4) is 0 Å². The average Bonchev–Trinajstić information content (AvgIpc) is 1.98. The highest BCUT2D eigenvalue weighted by Crippen LogP contribution is 2.05. The number of aliphatic hydroxyl groups is 1. The highest BCUT2D eigenvalue weighted by atomic mass is 16.5. The molecule has 0 saturated heterocycles. The normalized spacial score (nSPS) is 15.8. The van der Waals surface area contributed by atoms with E-state index < -0.39 is 18.2 Å². The molecule has 2 unspecified atom stereocenters. The fourth-order valence-electron chi connectivity index (χ4n) is 0.939. The first-order valence-corrected chi connectivity index (χ1v) is 4.46. The second-order valence-electron chi connectivity index (χ2n) is 3.60. The van der Waals surface area contributed by atoms with Crippen molar-refractivity contribution in [3.63, 3.8) is 0 Å². The molecule has 0 heterocycles. The maximum absolute atomic E-state index is 10.3. The molecule has 0 spiro atoms. The number of hydrogen-bond donors (Lipinski definition) is 2. The van der Waals surface area contributed by atoms with Crippen molar-refractivity contribution >= 4 is 5.97 Å². The summed E-state index contributed by atoms with van der Waals surface area (Å²) in [6, 6.07) is 0. The Hall–Kier alpha value is -0.610. The summed E-state index contributed by atoms with van der Waals surface area (Å²) in [4.78, 5) is 10.3. The first-order chi connectivity index (χ1) is 5.93. The third-order valence-corrected chi connectivity index (χ3v) is 1.63. The fraction of sp³-hybridized carbons (Fsp3) is 0.889. The monoisotopic (exact) mass is 190 g/mol. The molecular formula is C9H18O4. The van der Waals surface area contributed by atoms with Gasteiger partial charge >= 0.3 is 5.97 Å². The average molecular weight is 190 g/mol. The van der Waals surface area contributed by atoms with Crippen LogP contribution >= 0.6 is 0 Å². The van der Waals surface area contributed by atoms with Crippen molar-refractivity contribution < 1.29 is 19.7 Å². The topological polar surface area (TPSA) is 66.8 Å². The van der Waals surface area contributed by atoms with Crippen molar-refractivity contribution in [2.24, 2.45) is 5.92 Å². The van der Waals surface area contributed by atoms with E-state index >= 15 is 0 Å². The largest absolute Gasteiger partial charge is 0.479 e. The summed E-state index contributed by atoms with van der Waals surface area (Å²) in [5, 5.41) is 17.8. The number of aliphatic carboxylic acids is 1. The van der Waals surface area contributed by atoms with E-state index in [2.05, 4.69) is 0 Å². The molecule has 0 aromatic heterocycles. The molecule has 78 valence electrons. The van der Waals surface area contributed by atoms with E-state index in [0.717, 1.165) is 0 Å². The molecule has 0 aliphatic rings. The van der Waals surface area contributed by atoms with E-state index in [4.69, 9.17) is 9.84 Å². The van der Waals surface area contributed by atoms with Gasteiger partial charge < -0.3 is 14.9 Å². The molecule has 4 heteroatoms.